The normalized spacial score (nSPS) is 26.7. The van der Waals surface area contributed by atoms with E-state index in [1.54, 1.807) is 0 Å². The Hall–Kier alpha value is -1.18. The number of carbonyl (C=O) groups excluding carboxylic acids is 1. The van der Waals surface area contributed by atoms with Crippen molar-refractivity contribution >= 4 is 5.78 Å². The number of aromatic nitrogens is 1. The number of hydrogen-bond acceptors (Lipinski definition) is 2. The third-order valence-electron chi connectivity index (χ3n) is 3.38. The second-order valence-electron chi connectivity index (χ2n) is 4.60. The van der Waals surface area contributed by atoms with Crippen LogP contribution < -0.4 is 0 Å². The van der Waals surface area contributed by atoms with Gasteiger partial charge in [-0.25, -0.2) is 0 Å². The lowest BCUT2D eigenvalue weighted by Gasteiger charge is -2.28. The molecule has 2 unspecified atom stereocenters. The van der Waals surface area contributed by atoms with Crippen LogP contribution in [0.1, 0.15) is 43.4 Å². The molecule has 2 atom stereocenters. The number of Topliss-reactive ketones (excluding diaryl/α,β-unsaturated/α-hetero) is 1. The Morgan fingerprint density at radius 1 is 1.40 bits per heavy atom. The van der Waals surface area contributed by atoms with E-state index in [4.69, 9.17) is 0 Å². The van der Waals surface area contributed by atoms with E-state index >= 15 is 0 Å². The van der Waals surface area contributed by atoms with Crippen molar-refractivity contribution in [3.05, 3.63) is 29.6 Å². The molecule has 15 heavy (non-hydrogen) atoms. The first-order valence-corrected chi connectivity index (χ1v) is 5.61. The molecule has 0 amide bonds. The first-order chi connectivity index (χ1) is 7.16. The molecule has 0 aliphatic heterocycles. The van der Waals surface area contributed by atoms with Gasteiger partial charge in [-0.3, -0.25) is 9.78 Å². The van der Waals surface area contributed by atoms with Crippen LogP contribution in [0, 0.1) is 12.8 Å². The van der Waals surface area contributed by atoms with Crippen molar-refractivity contribution in [2.45, 2.75) is 39.0 Å². The van der Waals surface area contributed by atoms with Crippen molar-refractivity contribution < 1.29 is 4.79 Å². The van der Waals surface area contributed by atoms with E-state index in [2.05, 4.69) is 18.0 Å². The van der Waals surface area contributed by atoms with Crippen LogP contribution in [0.4, 0.5) is 0 Å². The topological polar surface area (TPSA) is 30.0 Å². The highest BCUT2D eigenvalue weighted by molar-refractivity contribution is 5.80. The van der Waals surface area contributed by atoms with Crippen LogP contribution in [-0.4, -0.2) is 10.8 Å². The van der Waals surface area contributed by atoms with Crippen LogP contribution in [0.5, 0.6) is 0 Å². The van der Waals surface area contributed by atoms with E-state index in [1.165, 1.54) is 5.56 Å². The lowest BCUT2D eigenvalue weighted by Crippen LogP contribution is -2.21. The zero-order chi connectivity index (χ0) is 10.8. The number of nitrogens with zero attached hydrogens (tertiary/aromatic N) is 1. The summed E-state index contributed by atoms with van der Waals surface area (Å²) in [7, 11) is 0. The molecule has 0 bridgehead atoms. The molecule has 0 radical (unpaired) electrons. The Morgan fingerprint density at radius 2 is 2.20 bits per heavy atom. The molecule has 1 saturated carbocycles. The van der Waals surface area contributed by atoms with Crippen LogP contribution in [0.3, 0.4) is 0 Å². The van der Waals surface area contributed by atoms with Gasteiger partial charge in [0.25, 0.3) is 0 Å². The standard InChI is InChI=1S/C13H17NO/c1-9-3-6-12(15)7-13(9)11-5-4-10(2)14-8-11/h4-5,8-9,13H,3,6-7H2,1-2H3. The predicted molar refractivity (Wildman–Crippen MR) is 59.7 cm³/mol. The van der Waals surface area contributed by atoms with Crippen molar-refractivity contribution in [1.82, 2.24) is 4.98 Å². The molecule has 2 rings (SSSR count). The zero-order valence-electron chi connectivity index (χ0n) is 9.36. The van der Waals surface area contributed by atoms with Crippen LogP contribution in [0.25, 0.3) is 0 Å². The smallest absolute Gasteiger partial charge is 0.133 e. The molecule has 1 fully saturated rings. The monoisotopic (exact) mass is 203 g/mol. The molecule has 1 aliphatic rings. The molecule has 2 heteroatoms. The zero-order valence-corrected chi connectivity index (χ0v) is 9.36. The fourth-order valence-corrected chi connectivity index (χ4v) is 2.28. The Balaban J connectivity index is 2.21. The summed E-state index contributed by atoms with van der Waals surface area (Å²) in [6.45, 7) is 4.22. The maximum atomic E-state index is 11.4. The van der Waals surface area contributed by atoms with Gasteiger partial charge in [0.05, 0.1) is 0 Å². The fraction of sp³-hybridized carbons (Fsp3) is 0.538. The van der Waals surface area contributed by atoms with Gasteiger partial charge in [-0.1, -0.05) is 13.0 Å². The minimum Gasteiger partial charge on any atom is -0.300 e. The van der Waals surface area contributed by atoms with E-state index in [0.717, 1.165) is 18.5 Å². The molecule has 80 valence electrons. The van der Waals surface area contributed by atoms with E-state index in [-0.39, 0.29) is 0 Å². The highest BCUT2D eigenvalue weighted by Crippen LogP contribution is 2.35. The van der Waals surface area contributed by atoms with Gasteiger partial charge in [-0.05, 0) is 36.8 Å². The molecular weight excluding hydrogens is 186 g/mol. The number of rotatable bonds is 1. The first kappa shape index (κ1) is 10.3. The van der Waals surface area contributed by atoms with Gasteiger partial charge in [0.15, 0.2) is 0 Å². The highest BCUT2D eigenvalue weighted by Gasteiger charge is 2.27. The van der Waals surface area contributed by atoms with Crippen LogP contribution in [-0.2, 0) is 4.79 Å². The van der Waals surface area contributed by atoms with E-state index in [1.807, 2.05) is 19.2 Å². The largest absolute Gasteiger partial charge is 0.300 e. The summed E-state index contributed by atoms with van der Waals surface area (Å²) in [5, 5.41) is 0. The van der Waals surface area contributed by atoms with Crippen molar-refractivity contribution in [2.24, 2.45) is 5.92 Å². The van der Waals surface area contributed by atoms with Gasteiger partial charge >= 0.3 is 0 Å². The molecule has 0 N–H and O–H groups in total. The van der Waals surface area contributed by atoms with Crippen molar-refractivity contribution in [1.29, 1.82) is 0 Å². The lowest BCUT2D eigenvalue weighted by atomic mass is 9.76. The summed E-state index contributed by atoms with van der Waals surface area (Å²) in [6.07, 6.45) is 4.41. The Morgan fingerprint density at radius 3 is 2.87 bits per heavy atom. The van der Waals surface area contributed by atoms with Crippen molar-refractivity contribution in [3.63, 3.8) is 0 Å². The van der Waals surface area contributed by atoms with Gasteiger partial charge in [0.1, 0.15) is 5.78 Å². The van der Waals surface area contributed by atoms with E-state index in [9.17, 15) is 4.79 Å². The molecule has 1 aromatic heterocycles. The average Bonchev–Trinajstić information content (AvgIpc) is 2.23. The van der Waals surface area contributed by atoms with Gasteiger partial charge in [-0.2, -0.15) is 0 Å². The molecule has 1 aromatic rings. The van der Waals surface area contributed by atoms with Gasteiger partial charge in [0.2, 0.25) is 0 Å². The number of pyridine rings is 1. The molecule has 0 aromatic carbocycles. The summed E-state index contributed by atoms with van der Waals surface area (Å²) in [6, 6.07) is 4.14. The van der Waals surface area contributed by atoms with Gasteiger partial charge < -0.3 is 0 Å². The summed E-state index contributed by atoms with van der Waals surface area (Å²) >= 11 is 0. The van der Waals surface area contributed by atoms with Crippen LogP contribution in [0.15, 0.2) is 18.3 Å². The summed E-state index contributed by atoms with van der Waals surface area (Å²) in [4.78, 5) is 15.7. The van der Waals surface area contributed by atoms with Crippen LogP contribution >= 0.6 is 0 Å². The van der Waals surface area contributed by atoms with E-state index in [0.29, 0.717) is 24.0 Å². The predicted octanol–water partition coefficient (Wildman–Crippen LogP) is 2.86. The molecular formula is C13H17NO. The van der Waals surface area contributed by atoms with Gasteiger partial charge in [0, 0.05) is 24.7 Å². The molecule has 1 heterocycles. The lowest BCUT2D eigenvalue weighted by molar-refractivity contribution is -0.121. The third-order valence-corrected chi connectivity index (χ3v) is 3.38. The first-order valence-electron chi connectivity index (χ1n) is 5.61. The Bertz CT molecular complexity index is 355. The number of ketones is 1. The number of aryl methyl sites for hydroxylation is 1. The molecule has 2 nitrogen and oxygen atoms in total. The maximum Gasteiger partial charge on any atom is 0.133 e. The fourth-order valence-electron chi connectivity index (χ4n) is 2.28. The quantitative estimate of drug-likeness (QED) is 0.702. The van der Waals surface area contributed by atoms with Gasteiger partial charge in [-0.15, -0.1) is 0 Å². The Labute approximate surface area is 90.7 Å². The van der Waals surface area contributed by atoms with Crippen LogP contribution in [0.2, 0.25) is 0 Å². The second-order valence-corrected chi connectivity index (χ2v) is 4.60. The van der Waals surface area contributed by atoms with Crippen molar-refractivity contribution in [3.8, 4) is 0 Å². The summed E-state index contributed by atoms with van der Waals surface area (Å²) < 4.78 is 0. The SMILES string of the molecule is Cc1ccc(C2CC(=O)CCC2C)cn1. The van der Waals surface area contributed by atoms with Crippen molar-refractivity contribution in [2.75, 3.05) is 0 Å². The summed E-state index contributed by atoms with van der Waals surface area (Å²) in [5.41, 5.74) is 2.26. The maximum absolute atomic E-state index is 11.4. The Kier molecular flexibility index (Phi) is 2.85. The highest BCUT2D eigenvalue weighted by atomic mass is 16.1. The van der Waals surface area contributed by atoms with E-state index < -0.39 is 0 Å². The second kappa shape index (κ2) is 4.13. The summed E-state index contributed by atoms with van der Waals surface area (Å²) in [5.74, 6) is 1.39. The molecule has 0 saturated heterocycles. The minimum absolute atomic E-state index is 0.388. The number of hydrogen-bond donors (Lipinski definition) is 0. The molecule has 0 spiro atoms. The minimum atomic E-state index is 0.388. The third kappa shape index (κ3) is 2.25. The molecule has 1 aliphatic carbocycles. The average molecular weight is 203 g/mol. The number of carbonyl (C=O) groups is 1.